The molecular formula is C16H16N4O2S. The third-order valence-corrected chi connectivity index (χ3v) is 4.33. The summed E-state index contributed by atoms with van der Waals surface area (Å²) in [5.74, 6) is 0.871. The molecule has 0 aliphatic rings. The Morgan fingerprint density at radius 3 is 2.70 bits per heavy atom. The monoisotopic (exact) mass is 328 g/mol. The van der Waals surface area contributed by atoms with Crippen molar-refractivity contribution >= 4 is 22.4 Å². The molecule has 0 saturated carbocycles. The lowest BCUT2D eigenvalue weighted by atomic mass is 10.2. The van der Waals surface area contributed by atoms with Crippen LogP contribution in [-0.4, -0.2) is 21.0 Å². The van der Waals surface area contributed by atoms with Crippen molar-refractivity contribution in [3.63, 3.8) is 0 Å². The fraction of sp³-hybridized carbons (Fsp3) is 0.250. The molecular weight excluding hydrogens is 312 g/mol. The Kier molecular flexibility index (Phi) is 4.47. The van der Waals surface area contributed by atoms with Crippen LogP contribution in [0.2, 0.25) is 0 Å². The fourth-order valence-electron chi connectivity index (χ4n) is 1.99. The molecule has 6 nitrogen and oxygen atoms in total. The van der Waals surface area contributed by atoms with Crippen molar-refractivity contribution in [1.29, 1.82) is 0 Å². The number of aryl methyl sites for hydroxylation is 3. The maximum Gasteiger partial charge on any atom is 0.227 e. The largest absolute Gasteiger partial charge is 0.339 e. The topological polar surface area (TPSA) is 80.9 Å². The van der Waals surface area contributed by atoms with Gasteiger partial charge in [0.15, 0.2) is 5.13 Å². The summed E-state index contributed by atoms with van der Waals surface area (Å²) in [6, 6.07) is 9.58. The van der Waals surface area contributed by atoms with Crippen LogP contribution in [0.25, 0.3) is 11.4 Å². The Hall–Kier alpha value is -2.54. The van der Waals surface area contributed by atoms with Gasteiger partial charge >= 0.3 is 0 Å². The van der Waals surface area contributed by atoms with E-state index in [0.717, 1.165) is 16.1 Å². The third-order valence-electron chi connectivity index (χ3n) is 3.34. The molecule has 23 heavy (non-hydrogen) atoms. The van der Waals surface area contributed by atoms with Gasteiger partial charge in [-0.3, -0.25) is 4.79 Å². The van der Waals surface area contributed by atoms with Crippen LogP contribution >= 0.6 is 11.3 Å². The van der Waals surface area contributed by atoms with Gasteiger partial charge < -0.3 is 9.84 Å². The summed E-state index contributed by atoms with van der Waals surface area (Å²) in [6.45, 7) is 3.90. The zero-order valence-corrected chi connectivity index (χ0v) is 13.7. The molecule has 1 aromatic carbocycles. The normalized spacial score (nSPS) is 10.7. The first-order valence-electron chi connectivity index (χ1n) is 7.23. The van der Waals surface area contributed by atoms with Gasteiger partial charge in [0, 0.05) is 23.3 Å². The first kappa shape index (κ1) is 15.4. The van der Waals surface area contributed by atoms with E-state index in [-0.39, 0.29) is 12.3 Å². The molecule has 0 fully saturated rings. The summed E-state index contributed by atoms with van der Waals surface area (Å²) >= 11 is 1.47. The molecule has 0 bridgehead atoms. The van der Waals surface area contributed by atoms with Crippen LogP contribution < -0.4 is 5.32 Å². The van der Waals surface area contributed by atoms with Crippen LogP contribution in [0.1, 0.15) is 22.9 Å². The summed E-state index contributed by atoms with van der Waals surface area (Å²) in [7, 11) is 0. The van der Waals surface area contributed by atoms with Crippen molar-refractivity contribution in [1.82, 2.24) is 15.1 Å². The number of benzene rings is 1. The molecule has 0 aliphatic carbocycles. The van der Waals surface area contributed by atoms with E-state index in [9.17, 15) is 4.79 Å². The Bertz CT molecular complexity index is 791. The van der Waals surface area contributed by atoms with E-state index in [1.165, 1.54) is 11.3 Å². The smallest absolute Gasteiger partial charge is 0.227 e. The molecule has 1 amide bonds. The van der Waals surface area contributed by atoms with E-state index in [0.29, 0.717) is 23.3 Å². The lowest BCUT2D eigenvalue weighted by Crippen LogP contribution is -2.12. The van der Waals surface area contributed by atoms with E-state index < -0.39 is 0 Å². The van der Waals surface area contributed by atoms with E-state index in [2.05, 4.69) is 20.4 Å². The Morgan fingerprint density at radius 2 is 2.00 bits per heavy atom. The highest BCUT2D eigenvalue weighted by Crippen LogP contribution is 2.21. The molecule has 0 atom stereocenters. The maximum atomic E-state index is 11.9. The van der Waals surface area contributed by atoms with E-state index in [4.69, 9.17) is 4.52 Å². The lowest BCUT2D eigenvalue weighted by Gasteiger charge is -1.98. The quantitative estimate of drug-likeness (QED) is 0.776. The number of carbonyl (C=O) groups is 1. The summed E-state index contributed by atoms with van der Waals surface area (Å²) < 4.78 is 5.19. The Labute approximate surface area is 137 Å². The predicted octanol–water partition coefficient (Wildman–Crippen LogP) is 3.38. The zero-order valence-electron chi connectivity index (χ0n) is 12.9. The zero-order chi connectivity index (χ0) is 16.2. The number of thiazole rings is 1. The van der Waals surface area contributed by atoms with Crippen LogP contribution in [-0.2, 0) is 11.2 Å². The van der Waals surface area contributed by atoms with Gasteiger partial charge in [0.25, 0.3) is 0 Å². The summed E-state index contributed by atoms with van der Waals surface area (Å²) in [6.07, 6.45) is 0.670. The number of hydrogen-bond donors (Lipinski definition) is 1. The molecule has 3 aromatic rings. The molecule has 0 aliphatic heterocycles. The second-order valence-electron chi connectivity index (χ2n) is 5.09. The van der Waals surface area contributed by atoms with Gasteiger partial charge in [-0.2, -0.15) is 4.98 Å². The first-order valence-corrected chi connectivity index (χ1v) is 8.05. The van der Waals surface area contributed by atoms with Gasteiger partial charge in [0.2, 0.25) is 17.6 Å². The maximum absolute atomic E-state index is 11.9. The number of hydrogen-bond acceptors (Lipinski definition) is 6. The molecule has 0 spiro atoms. The molecule has 7 heteroatoms. The number of amides is 1. The molecule has 2 aromatic heterocycles. The van der Waals surface area contributed by atoms with Gasteiger partial charge in [-0.15, -0.1) is 11.3 Å². The second kappa shape index (κ2) is 6.70. The fourth-order valence-corrected chi connectivity index (χ4v) is 2.82. The van der Waals surface area contributed by atoms with Crippen LogP contribution in [0.5, 0.6) is 0 Å². The summed E-state index contributed by atoms with van der Waals surface area (Å²) in [4.78, 5) is 21.6. The van der Waals surface area contributed by atoms with Crippen molar-refractivity contribution in [2.24, 2.45) is 0 Å². The minimum absolute atomic E-state index is 0.113. The van der Waals surface area contributed by atoms with Crippen LogP contribution in [0.15, 0.2) is 34.9 Å². The number of nitrogens with zero attached hydrogens (tertiary/aromatic N) is 3. The first-order chi connectivity index (χ1) is 11.1. The van der Waals surface area contributed by atoms with Gasteiger partial charge in [-0.05, 0) is 13.8 Å². The van der Waals surface area contributed by atoms with E-state index in [1.807, 2.05) is 44.2 Å². The van der Waals surface area contributed by atoms with E-state index in [1.54, 1.807) is 0 Å². The van der Waals surface area contributed by atoms with Gasteiger partial charge in [0.1, 0.15) is 0 Å². The number of anilines is 1. The van der Waals surface area contributed by atoms with E-state index >= 15 is 0 Å². The molecule has 1 N–H and O–H groups in total. The number of nitrogens with one attached hydrogen (secondary N) is 1. The van der Waals surface area contributed by atoms with Crippen molar-refractivity contribution in [2.75, 3.05) is 5.32 Å². The molecule has 118 valence electrons. The van der Waals surface area contributed by atoms with Gasteiger partial charge in [0.05, 0.1) is 5.69 Å². The van der Waals surface area contributed by atoms with Crippen molar-refractivity contribution in [2.45, 2.75) is 26.7 Å². The highest BCUT2D eigenvalue weighted by Gasteiger charge is 2.12. The second-order valence-corrected chi connectivity index (χ2v) is 6.29. The molecule has 0 saturated heterocycles. The van der Waals surface area contributed by atoms with Crippen molar-refractivity contribution in [3.05, 3.63) is 46.8 Å². The average Bonchev–Trinajstić information content (AvgIpc) is 3.13. The minimum Gasteiger partial charge on any atom is -0.339 e. The van der Waals surface area contributed by atoms with Crippen LogP contribution in [0.4, 0.5) is 5.13 Å². The SMILES string of the molecule is Cc1nc(NC(=O)CCc2nc(-c3ccccc3)no2)sc1C. The molecule has 0 radical (unpaired) electrons. The molecule has 0 unspecified atom stereocenters. The Balaban J connectivity index is 1.56. The van der Waals surface area contributed by atoms with Crippen molar-refractivity contribution in [3.8, 4) is 11.4 Å². The number of rotatable bonds is 5. The number of carbonyl (C=O) groups excluding carboxylic acids is 1. The number of aromatic nitrogens is 3. The average molecular weight is 328 g/mol. The van der Waals surface area contributed by atoms with Gasteiger partial charge in [-0.25, -0.2) is 4.98 Å². The molecule has 2 heterocycles. The van der Waals surface area contributed by atoms with Gasteiger partial charge in [-0.1, -0.05) is 35.5 Å². The van der Waals surface area contributed by atoms with Crippen molar-refractivity contribution < 1.29 is 9.32 Å². The third kappa shape index (κ3) is 3.81. The minimum atomic E-state index is -0.113. The predicted molar refractivity (Wildman–Crippen MR) is 88.3 cm³/mol. The summed E-state index contributed by atoms with van der Waals surface area (Å²) in [5.41, 5.74) is 1.83. The molecule has 3 rings (SSSR count). The standard InChI is InChI=1S/C16H16N4O2S/c1-10-11(2)23-16(17-10)18-13(21)8-9-14-19-15(20-22-14)12-6-4-3-5-7-12/h3-7H,8-9H2,1-2H3,(H,17,18,21). The van der Waals surface area contributed by atoms with Crippen LogP contribution in [0, 0.1) is 13.8 Å². The highest BCUT2D eigenvalue weighted by atomic mass is 32.1. The Morgan fingerprint density at radius 1 is 1.22 bits per heavy atom. The van der Waals surface area contributed by atoms with Crippen LogP contribution in [0.3, 0.4) is 0 Å². The summed E-state index contributed by atoms with van der Waals surface area (Å²) in [5, 5.41) is 7.35. The highest BCUT2D eigenvalue weighted by molar-refractivity contribution is 7.15. The lowest BCUT2D eigenvalue weighted by molar-refractivity contribution is -0.116.